The molecular weight excluding hydrogens is 136 g/mol. The molecule has 0 aromatic carbocycles. The van der Waals surface area contributed by atoms with E-state index in [4.69, 9.17) is 0 Å². The molecule has 0 bridgehead atoms. The van der Waals surface area contributed by atoms with Crippen LogP contribution >= 0.6 is 0 Å². The van der Waals surface area contributed by atoms with E-state index in [2.05, 4.69) is 13.0 Å². The highest BCUT2D eigenvalue weighted by Crippen LogP contribution is 2.46. The highest BCUT2D eigenvalue weighted by Gasteiger charge is 2.41. The first-order valence-electron chi connectivity index (χ1n) is 4.45. The Labute approximate surface area is 67.5 Å². The van der Waals surface area contributed by atoms with Gasteiger partial charge in [0.2, 0.25) is 0 Å². The van der Waals surface area contributed by atoms with E-state index in [0.29, 0.717) is 11.7 Å². The van der Waals surface area contributed by atoms with Crippen molar-refractivity contribution in [1.29, 1.82) is 0 Å². The van der Waals surface area contributed by atoms with Crippen LogP contribution in [0, 0.1) is 11.3 Å². The average molecular weight is 150 g/mol. The van der Waals surface area contributed by atoms with Crippen molar-refractivity contribution in [3.8, 4) is 0 Å². The van der Waals surface area contributed by atoms with Gasteiger partial charge < -0.3 is 0 Å². The molecule has 0 heterocycles. The summed E-state index contributed by atoms with van der Waals surface area (Å²) in [7, 11) is 0. The molecule has 0 saturated heterocycles. The van der Waals surface area contributed by atoms with Crippen molar-refractivity contribution >= 4 is 5.78 Å². The standard InChI is InChI=1S/C10H14O/c1-10-6-3-2-4-8(10)9(11)5-7-10/h5,7-8H,2-4,6H2,1H3. The lowest BCUT2D eigenvalue weighted by Gasteiger charge is -2.33. The molecule has 11 heavy (non-hydrogen) atoms. The maximum absolute atomic E-state index is 11.3. The minimum atomic E-state index is 0.231. The SMILES string of the molecule is CC12C=CC(=O)C1CCCC2. The van der Waals surface area contributed by atoms with E-state index in [-0.39, 0.29) is 5.41 Å². The minimum Gasteiger partial charge on any atom is -0.295 e. The Balaban J connectivity index is 2.27. The molecular formula is C10H14O. The van der Waals surface area contributed by atoms with Gasteiger partial charge in [0, 0.05) is 5.92 Å². The Bertz CT molecular complexity index is 217. The van der Waals surface area contributed by atoms with Crippen LogP contribution in [0.4, 0.5) is 0 Å². The summed E-state index contributed by atoms with van der Waals surface area (Å²) in [5.41, 5.74) is 0.231. The first kappa shape index (κ1) is 7.08. The summed E-state index contributed by atoms with van der Waals surface area (Å²) in [5, 5.41) is 0. The van der Waals surface area contributed by atoms with Crippen molar-refractivity contribution in [3.63, 3.8) is 0 Å². The zero-order valence-corrected chi connectivity index (χ0v) is 6.97. The molecule has 1 saturated carbocycles. The molecule has 0 aromatic heterocycles. The fraction of sp³-hybridized carbons (Fsp3) is 0.700. The Hall–Kier alpha value is -0.590. The van der Waals surface area contributed by atoms with E-state index in [1.807, 2.05) is 0 Å². The van der Waals surface area contributed by atoms with Gasteiger partial charge in [0.25, 0.3) is 0 Å². The van der Waals surface area contributed by atoms with Crippen molar-refractivity contribution in [2.45, 2.75) is 32.6 Å². The number of rotatable bonds is 0. The van der Waals surface area contributed by atoms with Crippen LogP contribution in [0.3, 0.4) is 0 Å². The topological polar surface area (TPSA) is 17.1 Å². The van der Waals surface area contributed by atoms with Gasteiger partial charge in [-0.25, -0.2) is 0 Å². The highest BCUT2D eigenvalue weighted by atomic mass is 16.1. The van der Waals surface area contributed by atoms with Gasteiger partial charge in [-0.3, -0.25) is 4.79 Å². The van der Waals surface area contributed by atoms with Crippen molar-refractivity contribution in [1.82, 2.24) is 0 Å². The summed E-state index contributed by atoms with van der Waals surface area (Å²) in [6.45, 7) is 2.22. The van der Waals surface area contributed by atoms with Gasteiger partial charge in [0.1, 0.15) is 0 Å². The fourth-order valence-electron chi connectivity index (χ4n) is 2.41. The maximum Gasteiger partial charge on any atom is 0.159 e. The molecule has 0 N–H and O–H groups in total. The predicted octanol–water partition coefficient (Wildman–Crippen LogP) is 2.32. The molecule has 1 fully saturated rings. The smallest absolute Gasteiger partial charge is 0.159 e. The third-order valence-corrected chi connectivity index (χ3v) is 3.23. The third kappa shape index (κ3) is 0.943. The number of carbonyl (C=O) groups excluding carboxylic acids is 1. The second-order valence-electron chi connectivity index (χ2n) is 4.04. The summed E-state index contributed by atoms with van der Waals surface area (Å²) < 4.78 is 0. The largest absolute Gasteiger partial charge is 0.295 e. The molecule has 0 spiro atoms. The maximum atomic E-state index is 11.3. The van der Waals surface area contributed by atoms with Crippen LogP contribution in [-0.2, 0) is 4.79 Å². The van der Waals surface area contributed by atoms with Gasteiger partial charge in [-0.1, -0.05) is 25.8 Å². The molecule has 2 aliphatic rings. The number of hydrogen-bond donors (Lipinski definition) is 0. The monoisotopic (exact) mass is 150 g/mol. The first-order valence-corrected chi connectivity index (χ1v) is 4.45. The van der Waals surface area contributed by atoms with Gasteiger partial charge in [0.15, 0.2) is 5.78 Å². The van der Waals surface area contributed by atoms with E-state index in [1.54, 1.807) is 6.08 Å². The van der Waals surface area contributed by atoms with Crippen LogP contribution in [0.2, 0.25) is 0 Å². The zero-order valence-electron chi connectivity index (χ0n) is 6.97. The summed E-state index contributed by atoms with van der Waals surface area (Å²) in [6, 6.07) is 0. The van der Waals surface area contributed by atoms with Crippen LogP contribution in [0.5, 0.6) is 0 Å². The lowest BCUT2D eigenvalue weighted by Crippen LogP contribution is -2.29. The van der Waals surface area contributed by atoms with E-state index in [1.165, 1.54) is 19.3 Å². The number of allylic oxidation sites excluding steroid dienone is 2. The predicted molar refractivity (Wildman–Crippen MR) is 44.2 cm³/mol. The number of fused-ring (bicyclic) bond motifs is 1. The van der Waals surface area contributed by atoms with Gasteiger partial charge >= 0.3 is 0 Å². The van der Waals surface area contributed by atoms with E-state index in [9.17, 15) is 4.79 Å². The van der Waals surface area contributed by atoms with E-state index < -0.39 is 0 Å². The van der Waals surface area contributed by atoms with Crippen LogP contribution < -0.4 is 0 Å². The van der Waals surface area contributed by atoms with Crippen LogP contribution in [0.15, 0.2) is 12.2 Å². The molecule has 2 unspecified atom stereocenters. The lowest BCUT2D eigenvalue weighted by molar-refractivity contribution is -0.120. The van der Waals surface area contributed by atoms with Crippen molar-refractivity contribution in [2.24, 2.45) is 11.3 Å². The van der Waals surface area contributed by atoms with Gasteiger partial charge in [-0.15, -0.1) is 0 Å². The van der Waals surface area contributed by atoms with Crippen LogP contribution in [0.25, 0.3) is 0 Å². The second-order valence-corrected chi connectivity index (χ2v) is 4.04. The molecule has 2 rings (SSSR count). The third-order valence-electron chi connectivity index (χ3n) is 3.23. The summed E-state index contributed by atoms with van der Waals surface area (Å²) in [4.78, 5) is 11.3. The van der Waals surface area contributed by atoms with Gasteiger partial charge in [-0.05, 0) is 24.3 Å². The zero-order chi connectivity index (χ0) is 7.90. The minimum absolute atomic E-state index is 0.231. The first-order chi connectivity index (χ1) is 5.22. The van der Waals surface area contributed by atoms with Crippen molar-refractivity contribution in [2.75, 3.05) is 0 Å². The summed E-state index contributed by atoms with van der Waals surface area (Å²) in [5.74, 6) is 0.698. The Morgan fingerprint density at radius 1 is 1.55 bits per heavy atom. The quantitative estimate of drug-likeness (QED) is 0.518. The molecule has 0 aromatic rings. The normalized spacial score (nSPS) is 42.6. The Morgan fingerprint density at radius 2 is 2.36 bits per heavy atom. The van der Waals surface area contributed by atoms with E-state index in [0.717, 1.165) is 6.42 Å². The highest BCUT2D eigenvalue weighted by molar-refractivity contribution is 5.95. The average Bonchev–Trinajstić information content (AvgIpc) is 2.29. The fourth-order valence-corrected chi connectivity index (χ4v) is 2.41. The second kappa shape index (κ2) is 2.20. The summed E-state index contributed by atoms with van der Waals surface area (Å²) >= 11 is 0. The van der Waals surface area contributed by atoms with Crippen LogP contribution in [0.1, 0.15) is 32.6 Å². The van der Waals surface area contributed by atoms with Crippen molar-refractivity contribution in [3.05, 3.63) is 12.2 Å². The van der Waals surface area contributed by atoms with Gasteiger partial charge in [-0.2, -0.15) is 0 Å². The molecule has 0 radical (unpaired) electrons. The summed E-state index contributed by atoms with van der Waals surface area (Å²) in [6.07, 6.45) is 8.77. The molecule has 2 atom stereocenters. The lowest BCUT2D eigenvalue weighted by atomic mass is 9.69. The van der Waals surface area contributed by atoms with E-state index >= 15 is 0 Å². The molecule has 2 aliphatic carbocycles. The number of carbonyl (C=O) groups is 1. The molecule has 1 nitrogen and oxygen atoms in total. The molecule has 0 amide bonds. The number of hydrogen-bond acceptors (Lipinski definition) is 1. The molecule has 0 aliphatic heterocycles. The Morgan fingerprint density at radius 3 is 3.09 bits per heavy atom. The van der Waals surface area contributed by atoms with Crippen molar-refractivity contribution < 1.29 is 4.79 Å². The van der Waals surface area contributed by atoms with Crippen LogP contribution in [-0.4, -0.2) is 5.78 Å². The van der Waals surface area contributed by atoms with Gasteiger partial charge in [0.05, 0.1) is 0 Å². The Kier molecular flexibility index (Phi) is 1.41. The molecule has 60 valence electrons. The number of ketones is 1. The molecule has 1 heteroatoms.